The first-order valence-corrected chi connectivity index (χ1v) is 6.06. The van der Waals surface area contributed by atoms with Crippen LogP contribution in [0.3, 0.4) is 0 Å². The number of morpholine rings is 1. The molecule has 1 fully saturated rings. The van der Waals surface area contributed by atoms with Crippen LogP contribution < -0.4 is 4.90 Å². The molecule has 1 aromatic rings. The number of pyridine rings is 1. The van der Waals surface area contributed by atoms with Gasteiger partial charge in [0, 0.05) is 19.3 Å². The van der Waals surface area contributed by atoms with Crippen LogP contribution in [0.1, 0.15) is 17.5 Å². The molecule has 100 valence electrons. The van der Waals surface area contributed by atoms with Crippen molar-refractivity contribution in [1.29, 1.82) is 5.26 Å². The summed E-state index contributed by atoms with van der Waals surface area (Å²) < 4.78 is 5.41. The van der Waals surface area contributed by atoms with Gasteiger partial charge in [-0.25, -0.2) is 4.98 Å². The number of hydrogen-bond acceptors (Lipinski definition) is 5. The summed E-state index contributed by atoms with van der Waals surface area (Å²) in [5.74, 6) is -0.272. The zero-order chi connectivity index (χ0) is 13.8. The lowest BCUT2D eigenvalue weighted by Crippen LogP contribution is -2.44. The van der Waals surface area contributed by atoms with Crippen molar-refractivity contribution < 1.29 is 14.6 Å². The molecular formula is C13H15N3O3. The molecule has 1 atom stereocenters. The molecule has 1 aliphatic rings. The van der Waals surface area contributed by atoms with E-state index in [4.69, 9.17) is 9.84 Å². The van der Waals surface area contributed by atoms with Gasteiger partial charge in [0.2, 0.25) is 0 Å². The van der Waals surface area contributed by atoms with Gasteiger partial charge in [-0.3, -0.25) is 4.79 Å². The minimum Gasteiger partial charge on any atom is -0.481 e. The number of aliphatic carboxylic acids is 1. The predicted octanol–water partition coefficient (Wildman–Crippen LogP) is 0.942. The number of aromatic nitrogens is 1. The number of ether oxygens (including phenoxy) is 1. The number of rotatable bonds is 3. The summed E-state index contributed by atoms with van der Waals surface area (Å²) in [7, 11) is 0. The molecule has 1 N–H and O–H groups in total. The average Bonchev–Trinajstić information content (AvgIpc) is 2.38. The molecule has 0 amide bonds. The van der Waals surface area contributed by atoms with E-state index in [2.05, 4.69) is 11.1 Å². The maximum Gasteiger partial charge on any atom is 0.306 e. The third-order valence-corrected chi connectivity index (χ3v) is 3.09. The molecule has 1 aromatic heterocycles. The first-order chi connectivity index (χ1) is 9.11. The van der Waals surface area contributed by atoms with E-state index in [1.807, 2.05) is 11.8 Å². The maximum atomic E-state index is 10.7. The van der Waals surface area contributed by atoms with Gasteiger partial charge < -0.3 is 14.7 Å². The molecule has 0 radical (unpaired) electrons. The Balaban J connectivity index is 2.20. The summed E-state index contributed by atoms with van der Waals surface area (Å²) in [6, 6.07) is 3.94. The molecule has 19 heavy (non-hydrogen) atoms. The normalized spacial score (nSPS) is 18.9. The second kappa shape index (κ2) is 5.67. The molecule has 2 rings (SSSR count). The van der Waals surface area contributed by atoms with E-state index >= 15 is 0 Å². The highest BCUT2D eigenvalue weighted by molar-refractivity contribution is 5.67. The Kier molecular flexibility index (Phi) is 3.97. The number of carboxylic acid groups (broad SMARTS) is 1. The quantitative estimate of drug-likeness (QED) is 0.871. The van der Waals surface area contributed by atoms with Crippen LogP contribution in [-0.2, 0) is 9.53 Å². The van der Waals surface area contributed by atoms with E-state index in [0.29, 0.717) is 31.1 Å². The van der Waals surface area contributed by atoms with Gasteiger partial charge in [-0.1, -0.05) is 0 Å². The van der Waals surface area contributed by atoms with E-state index in [0.717, 1.165) is 5.56 Å². The van der Waals surface area contributed by atoms with Crippen LogP contribution in [-0.4, -0.2) is 41.9 Å². The number of anilines is 1. The molecule has 0 spiro atoms. The molecule has 1 unspecified atom stereocenters. The van der Waals surface area contributed by atoms with E-state index < -0.39 is 5.97 Å². The molecule has 0 bridgehead atoms. The highest BCUT2D eigenvalue weighted by Crippen LogP contribution is 2.22. The van der Waals surface area contributed by atoms with Gasteiger partial charge in [-0.2, -0.15) is 5.26 Å². The lowest BCUT2D eigenvalue weighted by molar-refractivity contribution is -0.140. The monoisotopic (exact) mass is 261 g/mol. The highest BCUT2D eigenvalue weighted by atomic mass is 16.5. The van der Waals surface area contributed by atoms with Crippen LogP contribution in [0.5, 0.6) is 0 Å². The third kappa shape index (κ3) is 3.01. The first-order valence-electron chi connectivity index (χ1n) is 6.06. The summed E-state index contributed by atoms with van der Waals surface area (Å²) in [6.45, 7) is 3.36. The van der Waals surface area contributed by atoms with E-state index in [1.54, 1.807) is 12.3 Å². The number of aryl methyl sites for hydroxylation is 1. The van der Waals surface area contributed by atoms with Crippen LogP contribution in [0.15, 0.2) is 12.3 Å². The van der Waals surface area contributed by atoms with Crippen molar-refractivity contribution in [2.75, 3.05) is 24.6 Å². The lowest BCUT2D eigenvalue weighted by Gasteiger charge is -2.33. The summed E-state index contributed by atoms with van der Waals surface area (Å²) >= 11 is 0. The molecular weight excluding hydrogens is 246 g/mol. The fourth-order valence-corrected chi connectivity index (χ4v) is 2.15. The fourth-order valence-electron chi connectivity index (χ4n) is 2.15. The number of carboxylic acids is 1. The summed E-state index contributed by atoms with van der Waals surface area (Å²) in [5.41, 5.74) is 1.41. The Hall–Kier alpha value is -2.13. The fraction of sp³-hybridized carbons (Fsp3) is 0.462. The van der Waals surface area contributed by atoms with Crippen LogP contribution in [0.25, 0.3) is 0 Å². The van der Waals surface area contributed by atoms with Crippen molar-refractivity contribution in [2.45, 2.75) is 19.4 Å². The van der Waals surface area contributed by atoms with Gasteiger partial charge in [-0.15, -0.1) is 0 Å². The topological polar surface area (TPSA) is 86.5 Å². The second-order valence-corrected chi connectivity index (χ2v) is 4.47. The molecule has 1 saturated heterocycles. The van der Waals surface area contributed by atoms with Crippen molar-refractivity contribution >= 4 is 11.8 Å². The van der Waals surface area contributed by atoms with E-state index in [-0.39, 0.29) is 12.5 Å². The zero-order valence-electron chi connectivity index (χ0n) is 10.7. The summed E-state index contributed by atoms with van der Waals surface area (Å²) in [4.78, 5) is 16.9. The minimum absolute atomic E-state index is 0.0375. The minimum atomic E-state index is -0.885. The number of nitrogens with zero attached hydrogens (tertiary/aromatic N) is 3. The van der Waals surface area contributed by atoms with Gasteiger partial charge in [0.05, 0.1) is 24.7 Å². The largest absolute Gasteiger partial charge is 0.481 e. The van der Waals surface area contributed by atoms with Crippen molar-refractivity contribution in [3.8, 4) is 6.07 Å². The van der Waals surface area contributed by atoms with Crippen LogP contribution >= 0.6 is 0 Å². The molecule has 0 saturated carbocycles. The van der Waals surface area contributed by atoms with Gasteiger partial charge >= 0.3 is 5.97 Å². The van der Waals surface area contributed by atoms with Gasteiger partial charge in [-0.05, 0) is 18.6 Å². The average molecular weight is 261 g/mol. The van der Waals surface area contributed by atoms with E-state index in [1.165, 1.54) is 0 Å². The predicted molar refractivity (Wildman–Crippen MR) is 67.9 cm³/mol. The summed E-state index contributed by atoms with van der Waals surface area (Å²) in [6.07, 6.45) is 1.26. The Labute approximate surface area is 111 Å². The van der Waals surface area contributed by atoms with Crippen LogP contribution in [0, 0.1) is 18.3 Å². The zero-order valence-corrected chi connectivity index (χ0v) is 10.7. The standard InChI is InChI=1S/C13H15N3O3/c1-9-2-3-15-13(11(9)7-14)16-4-5-19-10(8-16)6-12(17)18/h2-3,10H,4-6,8H2,1H3,(H,17,18). The molecule has 2 heterocycles. The number of nitriles is 1. The second-order valence-electron chi connectivity index (χ2n) is 4.47. The Morgan fingerprint density at radius 3 is 3.21 bits per heavy atom. The molecule has 0 aromatic carbocycles. The smallest absolute Gasteiger partial charge is 0.306 e. The third-order valence-electron chi connectivity index (χ3n) is 3.09. The number of carbonyl (C=O) groups is 1. The van der Waals surface area contributed by atoms with Gasteiger partial charge in [0.15, 0.2) is 0 Å². The van der Waals surface area contributed by atoms with Gasteiger partial charge in [0.25, 0.3) is 0 Å². The lowest BCUT2D eigenvalue weighted by atomic mass is 10.1. The highest BCUT2D eigenvalue weighted by Gasteiger charge is 2.25. The van der Waals surface area contributed by atoms with Crippen molar-refractivity contribution in [1.82, 2.24) is 4.98 Å². The van der Waals surface area contributed by atoms with Crippen LogP contribution in [0.4, 0.5) is 5.82 Å². The molecule has 1 aliphatic heterocycles. The first kappa shape index (κ1) is 13.3. The number of hydrogen-bond donors (Lipinski definition) is 1. The maximum absolute atomic E-state index is 10.7. The Morgan fingerprint density at radius 2 is 2.53 bits per heavy atom. The Bertz CT molecular complexity index is 524. The van der Waals surface area contributed by atoms with Crippen molar-refractivity contribution in [3.63, 3.8) is 0 Å². The van der Waals surface area contributed by atoms with E-state index in [9.17, 15) is 10.1 Å². The van der Waals surface area contributed by atoms with Crippen molar-refractivity contribution in [3.05, 3.63) is 23.4 Å². The molecule has 6 nitrogen and oxygen atoms in total. The Morgan fingerprint density at radius 1 is 1.74 bits per heavy atom. The summed E-state index contributed by atoms with van der Waals surface area (Å²) in [5, 5.41) is 18.0. The van der Waals surface area contributed by atoms with Crippen LogP contribution in [0.2, 0.25) is 0 Å². The molecule has 0 aliphatic carbocycles. The van der Waals surface area contributed by atoms with Gasteiger partial charge in [0.1, 0.15) is 11.9 Å². The molecule has 6 heteroatoms. The SMILES string of the molecule is Cc1ccnc(N2CCOC(CC(=O)O)C2)c1C#N. The van der Waals surface area contributed by atoms with Crippen molar-refractivity contribution in [2.24, 2.45) is 0 Å².